The van der Waals surface area contributed by atoms with Gasteiger partial charge >= 0.3 is 15.6 Å². The zero-order chi connectivity index (χ0) is 24.2. The summed E-state index contributed by atoms with van der Waals surface area (Å²) in [6.07, 6.45) is 3.95. The number of oxazole rings is 1. The monoisotopic (exact) mass is 501 g/mol. The van der Waals surface area contributed by atoms with Gasteiger partial charge in [0.15, 0.2) is 17.9 Å². The molecule has 0 spiro atoms. The molecular weight excluding hydrogens is 487 g/mol. The van der Waals surface area contributed by atoms with Gasteiger partial charge in [-0.05, 0) is 42.3 Å². The number of benzene rings is 2. The first kappa shape index (κ1) is 24.3. The molecule has 3 rings (SSSR count). The molecule has 0 saturated carbocycles. The third-order valence-electron chi connectivity index (χ3n) is 4.24. The Kier molecular flexibility index (Phi) is 7.08. The summed E-state index contributed by atoms with van der Waals surface area (Å²) < 4.78 is 70.9. The Morgan fingerprint density at radius 3 is 2.52 bits per heavy atom. The van der Waals surface area contributed by atoms with Crippen molar-refractivity contribution in [2.24, 2.45) is 4.99 Å². The molecule has 1 aromatic heterocycles. The Hall–Kier alpha value is -3.38. The number of aryl methyl sites for hydroxylation is 1. The summed E-state index contributed by atoms with van der Waals surface area (Å²) in [6.45, 7) is 1.66. The number of hydrogen-bond donors (Lipinski definition) is 0. The number of aromatic nitrogens is 1. The Balaban J connectivity index is 1.95. The van der Waals surface area contributed by atoms with Crippen LogP contribution < -0.4 is 4.18 Å². The third kappa shape index (κ3) is 5.90. The van der Waals surface area contributed by atoms with E-state index in [2.05, 4.69) is 14.2 Å². The first-order valence-corrected chi connectivity index (χ1v) is 10.8. The number of nitrogens with zero attached hydrogens (tertiary/aromatic N) is 3. The molecule has 0 radical (unpaired) electrons. The molecule has 13 heteroatoms. The summed E-state index contributed by atoms with van der Waals surface area (Å²) in [6, 6.07) is 9.12. The minimum absolute atomic E-state index is 0.0489. The first-order valence-electron chi connectivity index (χ1n) is 9.04. The predicted octanol–water partition coefficient (Wildman–Crippen LogP) is 4.85. The number of halogens is 4. The van der Waals surface area contributed by atoms with Gasteiger partial charge in [-0.2, -0.15) is 21.6 Å². The van der Waals surface area contributed by atoms with Crippen LogP contribution in [0.1, 0.15) is 11.1 Å². The maximum atomic E-state index is 12.8. The van der Waals surface area contributed by atoms with E-state index in [1.807, 2.05) is 0 Å². The fourth-order valence-electron chi connectivity index (χ4n) is 2.63. The maximum Gasteiger partial charge on any atom is 0.534 e. The quantitative estimate of drug-likeness (QED) is 0.144. The third-order valence-corrected chi connectivity index (χ3v) is 5.46. The molecule has 0 aliphatic rings. The Morgan fingerprint density at radius 1 is 1.24 bits per heavy atom. The molecule has 1 heterocycles. The van der Waals surface area contributed by atoms with Crippen LogP contribution in [-0.4, -0.2) is 36.6 Å². The minimum atomic E-state index is -5.93. The minimum Gasteiger partial charge on any atom is -0.443 e. The highest BCUT2D eigenvalue weighted by molar-refractivity contribution is 7.88. The number of rotatable bonds is 8. The largest absolute Gasteiger partial charge is 0.534 e. The van der Waals surface area contributed by atoms with Gasteiger partial charge in [-0.3, -0.25) is 4.79 Å². The summed E-state index contributed by atoms with van der Waals surface area (Å²) >= 11 is 5.84. The molecule has 0 N–H and O–H groups in total. The zero-order valence-corrected chi connectivity index (χ0v) is 18.4. The lowest BCUT2D eigenvalue weighted by Gasteiger charge is -2.15. The number of aliphatic imine (C=N–C) groups is 1. The van der Waals surface area contributed by atoms with Crippen LogP contribution in [0.25, 0.3) is 11.3 Å². The Morgan fingerprint density at radius 2 is 1.94 bits per heavy atom. The van der Waals surface area contributed by atoms with Gasteiger partial charge in [0.1, 0.15) is 0 Å². The average molecular weight is 502 g/mol. The highest BCUT2D eigenvalue weighted by atomic mass is 35.5. The Bertz CT molecular complexity index is 1260. The molecule has 0 aliphatic heterocycles. The topological polar surface area (TPSA) is 102 Å². The van der Waals surface area contributed by atoms with Crippen LogP contribution in [0.15, 0.2) is 58.4 Å². The second-order valence-electron chi connectivity index (χ2n) is 6.63. The molecule has 3 aromatic rings. The molecule has 0 atom stereocenters. The molecule has 0 unspecified atom stereocenters. The van der Waals surface area contributed by atoms with E-state index in [0.29, 0.717) is 11.4 Å². The van der Waals surface area contributed by atoms with Crippen molar-refractivity contribution < 1.29 is 35.0 Å². The van der Waals surface area contributed by atoms with Gasteiger partial charge in [0.25, 0.3) is 0 Å². The van der Waals surface area contributed by atoms with Crippen molar-refractivity contribution in [2.75, 3.05) is 0 Å². The molecule has 174 valence electrons. The number of hydrogen-bond acceptors (Lipinski definition) is 7. The molecule has 0 fully saturated rings. The SMILES string of the molecule is Cc1cc(OS(=O)(=O)C(F)(F)F)c(-c2cnco2)cc1N=CN(C=O)Cc1ccc(Cl)cc1. The van der Waals surface area contributed by atoms with E-state index >= 15 is 0 Å². The normalized spacial score (nSPS) is 12.2. The van der Waals surface area contributed by atoms with E-state index in [0.717, 1.165) is 18.0 Å². The summed E-state index contributed by atoms with van der Waals surface area (Å²) in [7, 11) is -5.93. The van der Waals surface area contributed by atoms with E-state index in [1.54, 1.807) is 24.3 Å². The van der Waals surface area contributed by atoms with E-state index < -0.39 is 21.4 Å². The maximum absolute atomic E-state index is 12.8. The highest BCUT2D eigenvalue weighted by Crippen LogP contribution is 2.38. The fourth-order valence-corrected chi connectivity index (χ4v) is 3.22. The van der Waals surface area contributed by atoms with Crippen LogP contribution >= 0.6 is 11.6 Å². The van der Waals surface area contributed by atoms with E-state index in [-0.39, 0.29) is 29.1 Å². The highest BCUT2D eigenvalue weighted by Gasteiger charge is 2.49. The van der Waals surface area contributed by atoms with E-state index in [1.165, 1.54) is 30.4 Å². The van der Waals surface area contributed by atoms with Gasteiger partial charge in [-0.25, -0.2) is 9.98 Å². The molecule has 0 saturated heterocycles. The summed E-state index contributed by atoms with van der Waals surface area (Å²) in [5.41, 5.74) is -4.48. The lowest BCUT2D eigenvalue weighted by molar-refractivity contribution is -0.115. The van der Waals surface area contributed by atoms with Crippen molar-refractivity contribution in [1.29, 1.82) is 0 Å². The average Bonchev–Trinajstić information content (AvgIpc) is 3.27. The van der Waals surface area contributed by atoms with Gasteiger partial charge in [0.05, 0.1) is 30.3 Å². The molecule has 2 aromatic carbocycles. The van der Waals surface area contributed by atoms with Crippen molar-refractivity contribution in [2.45, 2.75) is 19.0 Å². The van der Waals surface area contributed by atoms with Gasteiger partial charge in [-0.1, -0.05) is 23.7 Å². The summed E-state index contributed by atoms with van der Waals surface area (Å²) in [5, 5.41) is 0.537. The lowest BCUT2D eigenvalue weighted by atomic mass is 10.1. The van der Waals surface area contributed by atoms with E-state index in [4.69, 9.17) is 16.0 Å². The molecule has 0 aliphatic carbocycles. The summed E-state index contributed by atoms with van der Waals surface area (Å²) in [4.78, 5) is 20.5. The van der Waals surface area contributed by atoms with Crippen LogP contribution in [0.4, 0.5) is 18.9 Å². The number of carbonyl (C=O) groups excluding carboxylic acids is 1. The molecule has 33 heavy (non-hydrogen) atoms. The van der Waals surface area contributed by atoms with Gasteiger partial charge in [0, 0.05) is 5.02 Å². The van der Waals surface area contributed by atoms with Crippen LogP contribution in [0.3, 0.4) is 0 Å². The molecule has 0 bridgehead atoms. The molecule has 1 amide bonds. The van der Waals surface area contributed by atoms with Crippen LogP contribution in [0.2, 0.25) is 5.02 Å². The van der Waals surface area contributed by atoms with E-state index in [9.17, 15) is 26.4 Å². The van der Waals surface area contributed by atoms with Crippen molar-refractivity contribution >= 4 is 40.2 Å². The lowest BCUT2D eigenvalue weighted by Crippen LogP contribution is -2.28. The van der Waals surface area contributed by atoms with Crippen molar-refractivity contribution in [3.05, 3.63) is 65.1 Å². The van der Waals surface area contributed by atoms with Crippen LogP contribution in [0, 0.1) is 6.92 Å². The first-order chi connectivity index (χ1) is 15.5. The zero-order valence-electron chi connectivity index (χ0n) is 16.8. The number of amides is 1. The van der Waals surface area contributed by atoms with Crippen molar-refractivity contribution in [1.82, 2.24) is 9.88 Å². The summed E-state index contributed by atoms with van der Waals surface area (Å²) in [5.74, 6) is -0.666. The van der Waals surface area contributed by atoms with Crippen molar-refractivity contribution in [3.8, 4) is 17.1 Å². The van der Waals surface area contributed by atoms with Gasteiger partial charge in [0.2, 0.25) is 6.41 Å². The van der Waals surface area contributed by atoms with Crippen LogP contribution in [-0.2, 0) is 21.5 Å². The standard InChI is InChI=1S/C20H15ClF3N3O5S/c1-13-6-18(32-33(29,30)20(22,23)24)16(19-8-25-11-31-19)7-17(13)26-10-27(12-28)9-14-2-4-15(21)5-3-14/h2-8,10-12H,9H2,1H3. The number of alkyl halides is 3. The fraction of sp³-hybridized carbons (Fsp3) is 0.150. The predicted molar refractivity (Wildman–Crippen MR) is 113 cm³/mol. The van der Waals surface area contributed by atoms with Gasteiger partial charge < -0.3 is 13.5 Å². The van der Waals surface area contributed by atoms with Gasteiger partial charge in [-0.15, -0.1) is 0 Å². The van der Waals surface area contributed by atoms with Crippen LogP contribution in [0.5, 0.6) is 5.75 Å². The Labute approximate surface area is 191 Å². The second-order valence-corrected chi connectivity index (χ2v) is 8.61. The second kappa shape index (κ2) is 9.63. The number of carbonyl (C=O) groups is 1. The molecular formula is C20H15ClF3N3O5S. The van der Waals surface area contributed by atoms with Crippen molar-refractivity contribution in [3.63, 3.8) is 0 Å². The smallest absolute Gasteiger partial charge is 0.443 e. The molecule has 8 nitrogen and oxygen atoms in total.